The number of carboxylic acids is 1. The molecule has 0 spiro atoms. The van der Waals surface area contributed by atoms with Crippen molar-refractivity contribution in [3.8, 4) is 0 Å². The fraction of sp³-hybridized carbons (Fsp3) is 0.667. The van der Waals surface area contributed by atoms with Crippen LogP contribution in [0.4, 0.5) is 0 Å². The van der Waals surface area contributed by atoms with Gasteiger partial charge in [0, 0.05) is 0 Å². The summed E-state index contributed by atoms with van der Waals surface area (Å²) in [6.45, 7) is -0.647. The number of rotatable bonds is 7. The molecule has 1 aliphatic carbocycles. The predicted octanol–water partition coefficient (Wildman–Crippen LogP) is -1.34. The fourth-order valence-electron chi connectivity index (χ4n) is 1.38. The first-order chi connectivity index (χ1) is 9.11. The van der Waals surface area contributed by atoms with Gasteiger partial charge in [-0.15, -0.1) is 5.10 Å². The smallest absolute Gasteiger partial charge is 0.328 e. The molecule has 9 nitrogen and oxygen atoms in total. The summed E-state index contributed by atoms with van der Waals surface area (Å²) in [5.74, 6) is -1.77. The van der Waals surface area contributed by atoms with Crippen LogP contribution >= 0.6 is 11.8 Å². The molecule has 0 radical (unpaired) electrons. The van der Waals surface area contributed by atoms with Gasteiger partial charge in [-0.3, -0.25) is 4.79 Å². The van der Waals surface area contributed by atoms with Crippen LogP contribution in [0.25, 0.3) is 0 Å². The second-order valence-corrected chi connectivity index (χ2v) is 5.01. The van der Waals surface area contributed by atoms with Gasteiger partial charge in [-0.1, -0.05) is 11.8 Å². The first-order valence-corrected chi connectivity index (χ1v) is 6.64. The number of aliphatic carboxylic acids is 1. The van der Waals surface area contributed by atoms with E-state index in [1.54, 1.807) is 4.68 Å². The highest BCUT2D eigenvalue weighted by atomic mass is 32.2. The lowest BCUT2D eigenvalue weighted by molar-refractivity contribution is -0.142. The number of carboxylic acid groups (broad SMARTS) is 1. The third kappa shape index (κ3) is 3.64. The number of carbonyl (C=O) groups excluding carboxylic acids is 1. The van der Waals surface area contributed by atoms with E-state index in [4.69, 9.17) is 10.2 Å². The Morgan fingerprint density at radius 1 is 1.53 bits per heavy atom. The average Bonchev–Trinajstić information content (AvgIpc) is 3.12. The maximum atomic E-state index is 11.5. The molecule has 19 heavy (non-hydrogen) atoms. The van der Waals surface area contributed by atoms with Gasteiger partial charge in [0.2, 0.25) is 11.1 Å². The number of nitrogens with zero attached hydrogens (tertiary/aromatic N) is 4. The van der Waals surface area contributed by atoms with Gasteiger partial charge in [-0.05, 0) is 23.3 Å². The molecular formula is C9H13N5O4S. The minimum atomic E-state index is -1.28. The number of nitrogens with one attached hydrogen (secondary N) is 1. The number of aliphatic hydroxyl groups excluding tert-OH is 1. The van der Waals surface area contributed by atoms with Crippen molar-refractivity contribution in [3.63, 3.8) is 0 Å². The van der Waals surface area contributed by atoms with Crippen molar-refractivity contribution in [2.75, 3.05) is 12.4 Å². The van der Waals surface area contributed by atoms with Crippen LogP contribution in [-0.4, -0.2) is 60.7 Å². The highest BCUT2D eigenvalue weighted by Crippen LogP contribution is 2.36. The second kappa shape index (κ2) is 5.97. The summed E-state index contributed by atoms with van der Waals surface area (Å²) in [4.78, 5) is 22.2. The first-order valence-electron chi connectivity index (χ1n) is 5.65. The Kier molecular flexibility index (Phi) is 4.32. The van der Waals surface area contributed by atoms with Crippen LogP contribution in [0.2, 0.25) is 0 Å². The van der Waals surface area contributed by atoms with Crippen LogP contribution in [-0.2, 0) is 9.59 Å². The number of aliphatic hydroxyl groups is 1. The van der Waals surface area contributed by atoms with Crippen LogP contribution in [0.3, 0.4) is 0 Å². The maximum Gasteiger partial charge on any atom is 0.328 e. The molecule has 0 saturated heterocycles. The van der Waals surface area contributed by atoms with Gasteiger partial charge in [-0.25, -0.2) is 9.48 Å². The molecule has 1 aromatic rings. The van der Waals surface area contributed by atoms with Gasteiger partial charge in [-0.2, -0.15) is 0 Å². The third-order valence-electron chi connectivity index (χ3n) is 2.50. The lowest BCUT2D eigenvalue weighted by Gasteiger charge is -2.10. The largest absolute Gasteiger partial charge is 0.480 e. The molecular weight excluding hydrogens is 274 g/mol. The zero-order valence-electron chi connectivity index (χ0n) is 9.89. The SMILES string of the molecule is O=C(CSc1nnnn1C1CC1)N[C@@H](CO)C(=O)O. The minimum Gasteiger partial charge on any atom is -0.480 e. The van der Waals surface area contributed by atoms with Crippen molar-refractivity contribution in [2.45, 2.75) is 30.1 Å². The van der Waals surface area contributed by atoms with Crippen molar-refractivity contribution in [1.29, 1.82) is 0 Å². The van der Waals surface area contributed by atoms with E-state index in [-0.39, 0.29) is 5.75 Å². The molecule has 10 heteroatoms. The summed E-state index contributed by atoms with van der Waals surface area (Å²) in [5, 5.41) is 31.4. The molecule has 104 valence electrons. The summed E-state index contributed by atoms with van der Waals surface area (Å²) in [7, 11) is 0. The van der Waals surface area contributed by atoms with Crippen LogP contribution in [0.5, 0.6) is 0 Å². The molecule has 3 N–H and O–H groups in total. The summed E-state index contributed by atoms with van der Waals surface area (Å²) in [6.07, 6.45) is 2.05. The van der Waals surface area contributed by atoms with E-state index in [1.807, 2.05) is 0 Å². The normalized spacial score (nSPS) is 16.1. The van der Waals surface area contributed by atoms with Gasteiger partial charge >= 0.3 is 5.97 Å². The molecule has 1 fully saturated rings. The lowest BCUT2D eigenvalue weighted by atomic mass is 10.3. The Morgan fingerprint density at radius 3 is 2.84 bits per heavy atom. The van der Waals surface area contributed by atoms with Gasteiger partial charge in [0.15, 0.2) is 0 Å². The summed E-state index contributed by atoms with van der Waals surface area (Å²) in [6, 6.07) is -0.975. The third-order valence-corrected chi connectivity index (χ3v) is 3.44. The Labute approximate surface area is 112 Å². The Hall–Kier alpha value is -1.68. The van der Waals surface area contributed by atoms with Gasteiger partial charge in [0.25, 0.3) is 0 Å². The summed E-state index contributed by atoms with van der Waals surface area (Å²) >= 11 is 1.13. The molecule has 0 aromatic carbocycles. The minimum absolute atomic E-state index is 0.00310. The van der Waals surface area contributed by atoms with Crippen LogP contribution < -0.4 is 5.32 Å². The zero-order chi connectivity index (χ0) is 13.8. The van der Waals surface area contributed by atoms with Gasteiger partial charge < -0.3 is 15.5 Å². The van der Waals surface area contributed by atoms with E-state index in [2.05, 4.69) is 20.8 Å². The Bertz CT molecular complexity index is 475. The van der Waals surface area contributed by atoms with Gasteiger partial charge in [0.1, 0.15) is 6.04 Å². The van der Waals surface area contributed by atoms with Crippen molar-refractivity contribution < 1.29 is 19.8 Å². The quantitative estimate of drug-likeness (QED) is 0.525. The Morgan fingerprint density at radius 2 is 2.26 bits per heavy atom. The molecule has 1 atom stereocenters. The van der Waals surface area contributed by atoms with Crippen molar-refractivity contribution in [3.05, 3.63) is 0 Å². The monoisotopic (exact) mass is 287 g/mol. The number of carbonyl (C=O) groups is 2. The van der Waals surface area contributed by atoms with E-state index < -0.39 is 24.5 Å². The Balaban J connectivity index is 1.82. The molecule has 0 aliphatic heterocycles. The van der Waals surface area contributed by atoms with Crippen LogP contribution in [0.15, 0.2) is 5.16 Å². The van der Waals surface area contributed by atoms with Crippen molar-refractivity contribution in [2.24, 2.45) is 0 Å². The zero-order valence-corrected chi connectivity index (χ0v) is 10.7. The van der Waals surface area contributed by atoms with E-state index in [0.29, 0.717) is 11.2 Å². The highest BCUT2D eigenvalue weighted by Gasteiger charge is 2.28. The fourth-order valence-corrected chi connectivity index (χ4v) is 2.14. The number of thioether (sulfide) groups is 1. The first kappa shape index (κ1) is 13.7. The van der Waals surface area contributed by atoms with E-state index in [0.717, 1.165) is 24.6 Å². The number of tetrazole rings is 1. The molecule has 0 bridgehead atoms. The second-order valence-electron chi connectivity index (χ2n) is 4.07. The maximum absolute atomic E-state index is 11.5. The molecule has 1 amide bonds. The summed E-state index contributed by atoms with van der Waals surface area (Å²) < 4.78 is 1.67. The average molecular weight is 287 g/mol. The molecule has 1 aliphatic rings. The number of amides is 1. The molecule has 1 saturated carbocycles. The van der Waals surface area contributed by atoms with Crippen LogP contribution in [0.1, 0.15) is 18.9 Å². The van der Waals surface area contributed by atoms with Gasteiger partial charge in [0.05, 0.1) is 18.4 Å². The lowest BCUT2D eigenvalue weighted by Crippen LogP contribution is -2.44. The molecule has 1 heterocycles. The predicted molar refractivity (Wildman–Crippen MR) is 63.5 cm³/mol. The van der Waals surface area contributed by atoms with Crippen molar-refractivity contribution in [1.82, 2.24) is 25.5 Å². The van der Waals surface area contributed by atoms with E-state index in [1.165, 1.54) is 0 Å². The van der Waals surface area contributed by atoms with Crippen molar-refractivity contribution >= 4 is 23.6 Å². The molecule has 2 rings (SSSR count). The number of hydrogen-bond acceptors (Lipinski definition) is 7. The molecule has 1 aromatic heterocycles. The number of hydrogen-bond donors (Lipinski definition) is 3. The summed E-state index contributed by atoms with van der Waals surface area (Å²) in [5.41, 5.74) is 0. The number of aromatic nitrogens is 4. The van der Waals surface area contributed by atoms with Crippen LogP contribution in [0, 0.1) is 0 Å². The topological polar surface area (TPSA) is 130 Å². The van der Waals surface area contributed by atoms with E-state index in [9.17, 15) is 9.59 Å². The van der Waals surface area contributed by atoms with E-state index >= 15 is 0 Å². The highest BCUT2D eigenvalue weighted by molar-refractivity contribution is 7.99. The molecule has 0 unspecified atom stereocenters. The standard InChI is InChI=1S/C9H13N5O4S/c15-3-6(8(17)18)10-7(16)4-19-9-11-12-13-14(9)5-1-2-5/h5-6,15H,1-4H2,(H,10,16)(H,17,18)/t6-/m0/s1.